The third-order valence-corrected chi connectivity index (χ3v) is 7.11. The first kappa shape index (κ1) is 19.4. The molecule has 0 radical (unpaired) electrons. The molecule has 0 unspecified atom stereocenters. The molecule has 2 heterocycles. The van der Waals surface area contributed by atoms with Crippen molar-refractivity contribution >= 4 is 9.84 Å². The quantitative estimate of drug-likeness (QED) is 0.393. The Bertz CT molecular complexity index is 1330. The van der Waals surface area contributed by atoms with Crippen LogP contribution in [0.15, 0.2) is 107 Å². The van der Waals surface area contributed by atoms with Crippen LogP contribution in [0.25, 0.3) is 11.1 Å². The lowest BCUT2D eigenvalue weighted by Crippen LogP contribution is -2.08. The molecule has 0 N–H and O–H groups in total. The van der Waals surface area contributed by atoms with Crippen molar-refractivity contribution in [1.29, 1.82) is 0 Å². The van der Waals surface area contributed by atoms with Crippen LogP contribution in [0.2, 0.25) is 0 Å². The fraction of sp³-hybridized carbons (Fsp3) is 0.0769. The lowest BCUT2D eigenvalue weighted by molar-refractivity contribution is 0.297. The second-order valence-corrected chi connectivity index (χ2v) is 9.23. The molecule has 0 amide bonds. The maximum absolute atomic E-state index is 13.8. The average molecular weight is 429 g/mol. The summed E-state index contributed by atoms with van der Waals surface area (Å²) in [6.45, 7) is 0.541. The number of rotatable bonds is 1. The first-order chi connectivity index (χ1) is 15.1. The standard InChI is InChI=1S/C26H20O4S/c27-31(28)24-11-5-4-10-23(24)29-17-19-13-15-20(16-14-19)18-30-26-22(9-6-12-25(26)31)21-7-2-1-3-8-21/h1-16H,17-18H2. The second kappa shape index (κ2) is 7.93. The Morgan fingerprint density at radius 2 is 1.19 bits per heavy atom. The molecule has 0 fully saturated rings. The highest BCUT2D eigenvalue weighted by atomic mass is 32.2. The predicted octanol–water partition coefficient (Wildman–Crippen LogP) is 5.66. The molecule has 0 aromatic heterocycles. The van der Waals surface area contributed by atoms with Crippen LogP contribution < -0.4 is 9.47 Å². The monoisotopic (exact) mass is 428 g/mol. The van der Waals surface area contributed by atoms with Crippen LogP contribution in [-0.2, 0) is 23.1 Å². The van der Waals surface area contributed by atoms with Crippen molar-refractivity contribution < 1.29 is 17.9 Å². The van der Waals surface area contributed by atoms with Gasteiger partial charge in [0.1, 0.15) is 34.5 Å². The average Bonchev–Trinajstić information content (AvgIpc) is 2.83. The maximum atomic E-state index is 13.8. The highest BCUT2D eigenvalue weighted by Gasteiger charge is 2.28. The van der Waals surface area contributed by atoms with Crippen molar-refractivity contribution in [1.82, 2.24) is 0 Å². The normalized spacial score (nSPS) is 14.6. The van der Waals surface area contributed by atoms with E-state index in [9.17, 15) is 8.42 Å². The number of benzene rings is 4. The van der Waals surface area contributed by atoms with Crippen molar-refractivity contribution in [3.05, 3.63) is 108 Å². The molecule has 6 rings (SSSR count). The summed E-state index contributed by atoms with van der Waals surface area (Å²) in [5.41, 5.74) is 3.52. The molecule has 0 atom stereocenters. The van der Waals surface area contributed by atoms with Crippen LogP contribution in [-0.4, -0.2) is 8.42 Å². The largest absolute Gasteiger partial charge is 0.488 e. The molecule has 4 nitrogen and oxygen atoms in total. The molecule has 2 aliphatic rings. The molecule has 0 spiro atoms. The summed E-state index contributed by atoms with van der Waals surface area (Å²) in [5, 5.41) is 0. The van der Waals surface area contributed by atoms with Gasteiger partial charge in [0.25, 0.3) is 0 Å². The third-order valence-electron chi connectivity index (χ3n) is 5.29. The van der Waals surface area contributed by atoms with E-state index in [2.05, 4.69) is 0 Å². The van der Waals surface area contributed by atoms with Gasteiger partial charge in [0.2, 0.25) is 9.84 Å². The van der Waals surface area contributed by atoms with Gasteiger partial charge >= 0.3 is 0 Å². The van der Waals surface area contributed by atoms with Crippen LogP contribution in [0.5, 0.6) is 11.5 Å². The molecule has 0 saturated heterocycles. The van der Waals surface area contributed by atoms with Gasteiger partial charge in [0, 0.05) is 5.56 Å². The molecule has 154 valence electrons. The van der Waals surface area contributed by atoms with Crippen LogP contribution in [0, 0.1) is 0 Å². The molecule has 2 aliphatic heterocycles. The first-order valence-corrected chi connectivity index (χ1v) is 11.5. The van der Waals surface area contributed by atoms with Crippen LogP contribution >= 0.6 is 0 Å². The van der Waals surface area contributed by atoms with Gasteiger partial charge in [-0.25, -0.2) is 8.42 Å². The van der Waals surface area contributed by atoms with Crippen molar-refractivity contribution in [2.75, 3.05) is 0 Å². The Labute approximate surface area is 181 Å². The molecule has 0 aliphatic carbocycles. The van der Waals surface area contributed by atoms with Crippen molar-refractivity contribution in [2.24, 2.45) is 0 Å². The van der Waals surface area contributed by atoms with Gasteiger partial charge in [-0.15, -0.1) is 0 Å². The van der Waals surface area contributed by atoms with E-state index in [0.717, 1.165) is 22.3 Å². The Kier molecular flexibility index (Phi) is 4.96. The van der Waals surface area contributed by atoms with E-state index >= 15 is 0 Å². The minimum Gasteiger partial charge on any atom is -0.488 e. The van der Waals surface area contributed by atoms with Gasteiger partial charge < -0.3 is 9.47 Å². The lowest BCUT2D eigenvalue weighted by Gasteiger charge is -2.17. The Morgan fingerprint density at radius 3 is 1.94 bits per heavy atom. The molecule has 31 heavy (non-hydrogen) atoms. The van der Waals surface area contributed by atoms with E-state index in [1.165, 1.54) is 0 Å². The third kappa shape index (κ3) is 3.68. The van der Waals surface area contributed by atoms with E-state index in [1.54, 1.807) is 36.4 Å². The SMILES string of the molecule is O=S1(=O)c2ccccc2OCc2ccc(cc2)COc2c(-c3ccccc3)cccc21. The van der Waals surface area contributed by atoms with Gasteiger partial charge in [-0.1, -0.05) is 78.9 Å². The number of fused-ring (bicyclic) bond motifs is 4. The molecular weight excluding hydrogens is 408 g/mol. The fourth-order valence-corrected chi connectivity index (χ4v) is 5.24. The Morgan fingerprint density at radius 1 is 0.581 bits per heavy atom. The topological polar surface area (TPSA) is 52.6 Å². The summed E-state index contributed by atoms with van der Waals surface area (Å²) in [6, 6.07) is 29.5. The summed E-state index contributed by atoms with van der Waals surface area (Å²) >= 11 is 0. The number of para-hydroxylation sites is 2. The van der Waals surface area contributed by atoms with E-state index < -0.39 is 9.84 Å². The lowest BCUT2D eigenvalue weighted by atomic mass is 10.0. The summed E-state index contributed by atoms with van der Waals surface area (Å²) < 4.78 is 39.7. The Hall–Kier alpha value is -3.57. The summed E-state index contributed by atoms with van der Waals surface area (Å²) in [6.07, 6.45) is 0. The highest BCUT2D eigenvalue weighted by molar-refractivity contribution is 7.91. The molecule has 5 heteroatoms. The zero-order chi connectivity index (χ0) is 21.3. The fourth-order valence-electron chi connectivity index (χ4n) is 3.68. The van der Waals surface area contributed by atoms with Crippen molar-refractivity contribution in [3.63, 3.8) is 0 Å². The van der Waals surface area contributed by atoms with Crippen molar-refractivity contribution in [3.8, 4) is 22.6 Å². The Balaban J connectivity index is 1.77. The smallest absolute Gasteiger partial charge is 0.213 e. The van der Waals surface area contributed by atoms with E-state index in [1.807, 2.05) is 60.7 Å². The van der Waals surface area contributed by atoms with Gasteiger partial charge in [0.15, 0.2) is 0 Å². The summed E-state index contributed by atoms with van der Waals surface area (Å²) in [5.74, 6) is 0.661. The van der Waals surface area contributed by atoms with Crippen molar-refractivity contribution in [2.45, 2.75) is 23.0 Å². The molecule has 4 aromatic rings. The molecule has 0 saturated carbocycles. The van der Waals surface area contributed by atoms with Gasteiger partial charge in [0.05, 0.1) is 0 Å². The molecule has 2 bridgehead atoms. The molecular formula is C26H20O4S. The van der Waals surface area contributed by atoms with E-state index in [0.29, 0.717) is 11.5 Å². The zero-order valence-electron chi connectivity index (χ0n) is 16.7. The van der Waals surface area contributed by atoms with Gasteiger partial charge in [-0.05, 0) is 34.9 Å². The summed E-state index contributed by atoms with van der Waals surface area (Å²) in [4.78, 5) is 0.250. The van der Waals surface area contributed by atoms with Crippen LogP contribution in [0.4, 0.5) is 0 Å². The predicted molar refractivity (Wildman–Crippen MR) is 119 cm³/mol. The summed E-state index contributed by atoms with van der Waals surface area (Å²) in [7, 11) is -3.90. The highest BCUT2D eigenvalue weighted by Crippen LogP contribution is 2.40. The maximum Gasteiger partial charge on any atom is 0.213 e. The van der Waals surface area contributed by atoms with E-state index in [-0.39, 0.29) is 23.0 Å². The minimum atomic E-state index is -3.90. The second-order valence-electron chi connectivity index (χ2n) is 7.34. The molecule has 4 aromatic carbocycles. The van der Waals surface area contributed by atoms with Gasteiger partial charge in [-0.3, -0.25) is 0 Å². The van der Waals surface area contributed by atoms with E-state index in [4.69, 9.17) is 9.47 Å². The van der Waals surface area contributed by atoms with Gasteiger partial charge in [-0.2, -0.15) is 0 Å². The zero-order valence-corrected chi connectivity index (χ0v) is 17.5. The number of hydrogen-bond acceptors (Lipinski definition) is 4. The number of hydrogen-bond donors (Lipinski definition) is 0. The number of ether oxygens (including phenoxy) is 2. The van der Waals surface area contributed by atoms with Crippen LogP contribution in [0.1, 0.15) is 11.1 Å². The van der Waals surface area contributed by atoms with Crippen LogP contribution in [0.3, 0.4) is 0 Å². The first-order valence-electron chi connectivity index (χ1n) is 9.99. The minimum absolute atomic E-state index is 0.125. The number of sulfone groups is 1.